The number of carbonyl (C=O) groups is 1. The molecule has 0 radical (unpaired) electrons. The number of amides is 1. The van der Waals surface area contributed by atoms with Crippen molar-refractivity contribution in [3.63, 3.8) is 0 Å². The van der Waals surface area contributed by atoms with Crippen LogP contribution < -0.4 is 0 Å². The number of H-pyrrole nitrogens is 1. The number of nitrogens with one attached hydrogen (secondary N) is 1. The van der Waals surface area contributed by atoms with Crippen molar-refractivity contribution in [1.82, 2.24) is 30.1 Å². The van der Waals surface area contributed by atoms with E-state index in [1.54, 1.807) is 4.90 Å². The number of ether oxygens (including phenoxy) is 1. The Balaban J connectivity index is 1.85. The summed E-state index contributed by atoms with van der Waals surface area (Å²) in [6.07, 6.45) is -0.284. The van der Waals surface area contributed by atoms with Crippen molar-refractivity contribution < 1.29 is 9.53 Å². The zero-order valence-electron chi connectivity index (χ0n) is 13.2. The van der Waals surface area contributed by atoms with Crippen molar-refractivity contribution >= 4 is 6.09 Å². The molecule has 8 heteroatoms. The molecule has 0 saturated heterocycles. The molecular formula is C14H20N6O2. The Morgan fingerprint density at radius 3 is 2.77 bits per heavy atom. The van der Waals surface area contributed by atoms with Gasteiger partial charge in [-0.3, -0.25) is 4.90 Å². The van der Waals surface area contributed by atoms with Crippen LogP contribution in [0.3, 0.4) is 0 Å². The molecular weight excluding hydrogens is 284 g/mol. The highest BCUT2D eigenvalue weighted by molar-refractivity contribution is 5.69. The maximum Gasteiger partial charge on any atom is 0.410 e. The first-order valence-electron chi connectivity index (χ1n) is 7.29. The lowest BCUT2D eigenvalue weighted by atomic mass is 10.1. The number of hydrogen-bond donors (Lipinski definition) is 1. The van der Waals surface area contributed by atoms with Gasteiger partial charge in [-0.2, -0.15) is 5.21 Å². The van der Waals surface area contributed by atoms with E-state index in [1.165, 1.54) is 0 Å². The lowest BCUT2D eigenvalue weighted by Crippen LogP contribution is -2.43. The number of tetrazole rings is 1. The average molecular weight is 304 g/mol. The molecule has 2 aromatic rings. The summed E-state index contributed by atoms with van der Waals surface area (Å²) < 4.78 is 7.60. The predicted octanol–water partition coefficient (Wildman–Crippen LogP) is 1.98. The summed E-state index contributed by atoms with van der Waals surface area (Å²) >= 11 is 0. The van der Waals surface area contributed by atoms with Gasteiger partial charge in [-0.15, -0.1) is 10.2 Å². The van der Waals surface area contributed by atoms with Crippen LogP contribution in [0, 0.1) is 0 Å². The second-order valence-corrected chi connectivity index (χ2v) is 6.38. The Hall–Kier alpha value is -2.38. The highest BCUT2D eigenvalue weighted by Crippen LogP contribution is 2.31. The van der Waals surface area contributed by atoms with Gasteiger partial charge in [0.15, 0.2) is 0 Å². The van der Waals surface area contributed by atoms with Gasteiger partial charge in [0, 0.05) is 18.8 Å². The molecule has 3 rings (SSSR count). The highest BCUT2D eigenvalue weighted by atomic mass is 16.6. The van der Waals surface area contributed by atoms with Crippen LogP contribution >= 0.6 is 0 Å². The van der Waals surface area contributed by atoms with E-state index in [9.17, 15) is 4.79 Å². The van der Waals surface area contributed by atoms with E-state index >= 15 is 0 Å². The van der Waals surface area contributed by atoms with E-state index in [-0.39, 0.29) is 12.1 Å². The number of nitrogens with zero attached hydrogens (tertiary/aromatic N) is 5. The fraction of sp³-hybridized carbons (Fsp3) is 0.571. The van der Waals surface area contributed by atoms with Crippen molar-refractivity contribution in [3.8, 4) is 11.5 Å². The summed E-state index contributed by atoms with van der Waals surface area (Å²) in [7, 11) is 0. The van der Waals surface area contributed by atoms with Crippen LogP contribution in [0.15, 0.2) is 12.1 Å². The van der Waals surface area contributed by atoms with Gasteiger partial charge >= 0.3 is 6.09 Å². The largest absolute Gasteiger partial charge is 0.444 e. The molecule has 118 valence electrons. The maximum absolute atomic E-state index is 12.3. The fourth-order valence-corrected chi connectivity index (χ4v) is 2.69. The SMILES string of the molecule is C[C@H]1c2ccc(-c3nn[nH]n3)n2CCN1C(=O)OC(C)(C)C. The smallest absolute Gasteiger partial charge is 0.410 e. The summed E-state index contributed by atoms with van der Waals surface area (Å²) in [5, 5.41) is 14.1. The molecule has 22 heavy (non-hydrogen) atoms. The van der Waals surface area contributed by atoms with Gasteiger partial charge in [0.1, 0.15) is 5.60 Å². The normalized spacial score (nSPS) is 18.2. The van der Waals surface area contributed by atoms with Gasteiger partial charge in [-0.05, 0) is 45.0 Å². The molecule has 0 fully saturated rings. The average Bonchev–Trinajstić information content (AvgIpc) is 3.05. The zero-order valence-corrected chi connectivity index (χ0v) is 13.2. The number of fused-ring (bicyclic) bond motifs is 1. The van der Waals surface area contributed by atoms with Gasteiger partial charge in [0.25, 0.3) is 0 Å². The van der Waals surface area contributed by atoms with Gasteiger partial charge in [-0.1, -0.05) is 0 Å². The topological polar surface area (TPSA) is 88.9 Å². The van der Waals surface area contributed by atoms with Crippen molar-refractivity contribution in [2.45, 2.75) is 45.9 Å². The maximum atomic E-state index is 12.3. The molecule has 1 N–H and O–H groups in total. The van der Waals surface area contributed by atoms with Crippen LogP contribution in [0.25, 0.3) is 11.5 Å². The molecule has 8 nitrogen and oxygen atoms in total. The number of aromatic amines is 1. The quantitative estimate of drug-likeness (QED) is 0.870. The Bertz CT molecular complexity index is 670. The molecule has 0 aromatic carbocycles. The van der Waals surface area contributed by atoms with E-state index in [2.05, 4.69) is 25.2 Å². The molecule has 1 amide bonds. The summed E-state index contributed by atoms with van der Waals surface area (Å²) in [4.78, 5) is 14.1. The van der Waals surface area contributed by atoms with Crippen LogP contribution in [0.5, 0.6) is 0 Å². The molecule has 1 aliphatic rings. The highest BCUT2D eigenvalue weighted by Gasteiger charge is 2.32. The van der Waals surface area contributed by atoms with Crippen molar-refractivity contribution in [3.05, 3.63) is 17.8 Å². The minimum Gasteiger partial charge on any atom is -0.444 e. The third-order valence-electron chi connectivity index (χ3n) is 3.68. The van der Waals surface area contributed by atoms with Crippen LogP contribution in [0.4, 0.5) is 4.79 Å². The molecule has 0 aliphatic carbocycles. The first-order valence-corrected chi connectivity index (χ1v) is 7.29. The monoisotopic (exact) mass is 304 g/mol. The van der Waals surface area contributed by atoms with E-state index in [0.717, 1.165) is 11.4 Å². The lowest BCUT2D eigenvalue weighted by molar-refractivity contribution is 0.0127. The number of aromatic nitrogens is 5. The van der Waals surface area contributed by atoms with E-state index in [1.807, 2.05) is 39.8 Å². The van der Waals surface area contributed by atoms with E-state index in [0.29, 0.717) is 18.9 Å². The predicted molar refractivity (Wildman–Crippen MR) is 79.0 cm³/mol. The zero-order chi connectivity index (χ0) is 15.9. The molecule has 0 unspecified atom stereocenters. The molecule has 1 atom stereocenters. The minimum atomic E-state index is -0.494. The molecule has 3 heterocycles. The molecule has 1 aliphatic heterocycles. The third kappa shape index (κ3) is 2.56. The summed E-state index contributed by atoms with van der Waals surface area (Å²) in [5.74, 6) is 0.559. The minimum absolute atomic E-state index is 0.0655. The molecule has 2 aromatic heterocycles. The van der Waals surface area contributed by atoms with Crippen LogP contribution in [-0.4, -0.2) is 48.3 Å². The van der Waals surface area contributed by atoms with Gasteiger partial charge < -0.3 is 9.30 Å². The summed E-state index contributed by atoms with van der Waals surface area (Å²) in [6, 6.07) is 3.88. The second kappa shape index (κ2) is 5.11. The Kier molecular flexibility index (Phi) is 3.38. The van der Waals surface area contributed by atoms with Gasteiger partial charge in [0.05, 0.1) is 11.7 Å². The second-order valence-electron chi connectivity index (χ2n) is 6.38. The number of rotatable bonds is 1. The van der Waals surface area contributed by atoms with Crippen LogP contribution in [-0.2, 0) is 11.3 Å². The van der Waals surface area contributed by atoms with Gasteiger partial charge in [0.2, 0.25) is 5.82 Å². The summed E-state index contributed by atoms with van der Waals surface area (Å²) in [6.45, 7) is 8.87. The van der Waals surface area contributed by atoms with Crippen LogP contribution in [0.2, 0.25) is 0 Å². The summed E-state index contributed by atoms with van der Waals surface area (Å²) in [5.41, 5.74) is 1.45. The van der Waals surface area contributed by atoms with Crippen molar-refractivity contribution in [2.24, 2.45) is 0 Å². The van der Waals surface area contributed by atoms with Crippen LogP contribution in [0.1, 0.15) is 39.4 Å². The number of carbonyl (C=O) groups excluding carboxylic acids is 1. The lowest BCUT2D eigenvalue weighted by Gasteiger charge is -2.36. The Morgan fingerprint density at radius 2 is 2.14 bits per heavy atom. The standard InChI is InChI=1S/C14H20N6O2/c1-9-10-5-6-11(12-15-17-18-16-12)20(10)8-7-19(9)13(21)22-14(2,3)4/h5-6,9H,7-8H2,1-4H3,(H,15,16,17,18)/t9-/m0/s1. The van der Waals surface area contributed by atoms with Gasteiger partial charge in [-0.25, -0.2) is 4.79 Å². The molecule has 0 spiro atoms. The third-order valence-corrected chi connectivity index (χ3v) is 3.68. The van der Waals surface area contributed by atoms with E-state index in [4.69, 9.17) is 4.74 Å². The van der Waals surface area contributed by atoms with Crippen molar-refractivity contribution in [1.29, 1.82) is 0 Å². The first-order chi connectivity index (χ1) is 10.4. The molecule has 0 bridgehead atoms. The molecule has 0 saturated carbocycles. The Morgan fingerprint density at radius 1 is 1.36 bits per heavy atom. The van der Waals surface area contributed by atoms with Crippen molar-refractivity contribution in [2.75, 3.05) is 6.54 Å². The Labute approximate surface area is 128 Å². The first kappa shape index (κ1) is 14.6. The van der Waals surface area contributed by atoms with E-state index < -0.39 is 5.60 Å². The number of hydrogen-bond acceptors (Lipinski definition) is 5. The fourth-order valence-electron chi connectivity index (χ4n) is 2.69.